The highest BCUT2D eigenvalue weighted by Crippen LogP contribution is 2.22. The van der Waals surface area contributed by atoms with Gasteiger partial charge in [-0.15, -0.1) is 0 Å². The summed E-state index contributed by atoms with van der Waals surface area (Å²) in [5.41, 5.74) is 0.409. The normalized spacial score (nSPS) is 20.5. The Hall–Kier alpha value is -1.96. The monoisotopic (exact) mass is 298 g/mol. The van der Waals surface area contributed by atoms with Crippen molar-refractivity contribution in [2.45, 2.75) is 12.8 Å². The number of nitro groups is 1. The number of nitro benzene ring substituents is 1. The van der Waals surface area contributed by atoms with Gasteiger partial charge in [0.2, 0.25) is 5.91 Å². The number of carbonyl (C=O) groups is 1. The first-order valence-corrected chi connectivity index (χ1v) is 7.92. The highest BCUT2D eigenvalue weighted by atomic mass is 32.2. The van der Waals surface area contributed by atoms with Crippen LogP contribution in [0.1, 0.15) is 12.8 Å². The summed E-state index contributed by atoms with van der Waals surface area (Å²) in [5.74, 6) is -0.220. The Balaban J connectivity index is 1.90. The molecule has 108 valence electrons. The van der Waals surface area contributed by atoms with E-state index in [0.717, 1.165) is 0 Å². The predicted octanol–water partition coefficient (Wildman–Crippen LogP) is 1.36. The van der Waals surface area contributed by atoms with Crippen molar-refractivity contribution in [3.8, 4) is 0 Å². The molecule has 0 radical (unpaired) electrons. The van der Waals surface area contributed by atoms with E-state index in [2.05, 4.69) is 5.32 Å². The molecule has 8 heteroatoms. The fourth-order valence-electron chi connectivity index (χ4n) is 2.17. The molecule has 20 heavy (non-hydrogen) atoms. The minimum Gasteiger partial charge on any atom is -0.326 e. The van der Waals surface area contributed by atoms with Crippen LogP contribution in [0.2, 0.25) is 0 Å². The molecule has 1 saturated heterocycles. The molecule has 1 N–H and O–H groups in total. The SMILES string of the molecule is O=C(C[C@@H]1CCS(=O)(=O)C1)Nc1ccc([N+](=O)[O-])cc1. The van der Waals surface area contributed by atoms with Crippen molar-refractivity contribution in [2.24, 2.45) is 5.92 Å². The fraction of sp³-hybridized carbons (Fsp3) is 0.417. The van der Waals surface area contributed by atoms with Crippen LogP contribution >= 0.6 is 0 Å². The van der Waals surface area contributed by atoms with Crippen molar-refractivity contribution in [3.63, 3.8) is 0 Å². The van der Waals surface area contributed by atoms with Gasteiger partial charge in [0, 0.05) is 24.2 Å². The maximum absolute atomic E-state index is 11.8. The molecule has 1 aromatic rings. The molecule has 0 spiro atoms. The molecule has 0 aliphatic carbocycles. The number of benzene rings is 1. The summed E-state index contributed by atoms with van der Waals surface area (Å²) in [4.78, 5) is 21.7. The predicted molar refractivity (Wildman–Crippen MR) is 73.1 cm³/mol. The number of amides is 1. The van der Waals surface area contributed by atoms with E-state index in [0.29, 0.717) is 12.1 Å². The molecule has 0 bridgehead atoms. The smallest absolute Gasteiger partial charge is 0.269 e. The minimum absolute atomic E-state index is 0.0510. The van der Waals surface area contributed by atoms with Crippen LogP contribution in [-0.2, 0) is 14.6 Å². The average molecular weight is 298 g/mol. The van der Waals surface area contributed by atoms with Gasteiger partial charge in [-0.2, -0.15) is 0 Å². The maximum Gasteiger partial charge on any atom is 0.269 e. The number of rotatable bonds is 4. The van der Waals surface area contributed by atoms with Gasteiger partial charge in [0.15, 0.2) is 9.84 Å². The summed E-state index contributed by atoms with van der Waals surface area (Å²) in [6, 6.07) is 5.49. The zero-order valence-electron chi connectivity index (χ0n) is 10.6. The van der Waals surface area contributed by atoms with Crippen molar-refractivity contribution in [3.05, 3.63) is 34.4 Å². The molecular formula is C12H14N2O5S. The third-order valence-corrected chi connectivity index (χ3v) is 5.00. The van der Waals surface area contributed by atoms with Gasteiger partial charge >= 0.3 is 0 Å². The number of anilines is 1. The summed E-state index contributed by atoms with van der Waals surface area (Å²) in [7, 11) is -2.98. The number of hydrogen-bond acceptors (Lipinski definition) is 5. The van der Waals surface area contributed by atoms with Gasteiger partial charge in [-0.25, -0.2) is 8.42 Å². The molecule has 0 aromatic heterocycles. The van der Waals surface area contributed by atoms with Crippen LogP contribution in [0.5, 0.6) is 0 Å². The quantitative estimate of drug-likeness (QED) is 0.667. The van der Waals surface area contributed by atoms with E-state index < -0.39 is 14.8 Å². The second-order valence-corrected chi connectivity index (χ2v) is 7.05. The number of sulfone groups is 1. The van der Waals surface area contributed by atoms with E-state index in [1.165, 1.54) is 24.3 Å². The highest BCUT2D eigenvalue weighted by Gasteiger charge is 2.29. The third kappa shape index (κ3) is 3.77. The maximum atomic E-state index is 11.8. The van der Waals surface area contributed by atoms with E-state index >= 15 is 0 Å². The molecule has 2 rings (SSSR count). The molecule has 0 saturated carbocycles. The number of nitrogens with zero attached hydrogens (tertiary/aromatic N) is 1. The summed E-state index contributed by atoms with van der Waals surface area (Å²) >= 11 is 0. The first-order chi connectivity index (χ1) is 9.35. The lowest BCUT2D eigenvalue weighted by Crippen LogP contribution is -2.17. The van der Waals surface area contributed by atoms with Crippen molar-refractivity contribution in [2.75, 3.05) is 16.8 Å². The van der Waals surface area contributed by atoms with Crippen LogP contribution in [0.3, 0.4) is 0 Å². The third-order valence-electron chi connectivity index (χ3n) is 3.16. The molecular weight excluding hydrogens is 284 g/mol. The van der Waals surface area contributed by atoms with Crippen LogP contribution in [0.25, 0.3) is 0 Å². The molecule has 1 aliphatic rings. The first kappa shape index (κ1) is 14.4. The molecule has 1 aromatic carbocycles. The molecule has 0 unspecified atom stereocenters. The molecule has 1 atom stereocenters. The summed E-state index contributed by atoms with van der Waals surface area (Å²) < 4.78 is 22.6. The molecule has 1 fully saturated rings. The fourth-order valence-corrected chi connectivity index (χ4v) is 4.04. The molecule has 1 heterocycles. The summed E-state index contributed by atoms with van der Waals surface area (Å²) in [5, 5.41) is 13.1. The zero-order chi connectivity index (χ0) is 14.8. The standard InChI is InChI=1S/C12H14N2O5S/c15-12(7-9-5-6-20(18,19)8-9)13-10-1-3-11(4-2-10)14(16)17/h1-4,9H,5-8H2,(H,13,15)/t9-/m0/s1. The Bertz CT molecular complexity index is 624. The largest absolute Gasteiger partial charge is 0.326 e. The topological polar surface area (TPSA) is 106 Å². The zero-order valence-corrected chi connectivity index (χ0v) is 11.4. The number of non-ortho nitro benzene ring substituents is 1. The number of hydrogen-bond donors (Lipinski definition) is 1. The van der Waals surface area contributed by atoms with Gasteiger partial charge in [0.05, 0.1) is 16.4 Å². The van der Waals surface area contributed by atoms with Gasteiger partial charge in [-0.3, -0.25) is 14.9 Å². The minimum atomic E-state index is -2.98. The van der Waals surface area contributed by atoms with Gasteiger partial charge in [-0.05, 0) is 24.5 Å². The lowest BCUT2D eigenvalue weighted by molar-refractivity contribution is -0.384. The Morgan fingerprint density at radius 1 is 1.35 bits per heavy atom. The molecule has 1 amide bonds. The van der Waals surface area contributed by atoms with Crippen LogP contribution in [-0.4, -0.2) is 30.8 Å². The Morgan fingerprint density at radius 2 is 2.00 bits per heavy atom. The highest BCUT2D eigenvalue weighted by molar-refractivity contribution is 7.91. The van der Waals surface area contributed by atoms with Gasteiger partial charge in [0.25, 0.3) is 5.69 Å². The number of carbonyl (C=O) groups excluding carboxylic acids is 1. The van der Waals surface area contributed by atoms with Crippen molar-refractivity contribution < 1.29 is 18.1 Å². The average Bonchev–Trinajstić information content (AvgIpc) is 2.69. The summed E-state index contributed by atoms with van der Waals surface area (Å²) in [6.07, 6.45) is 0.659. The second kappa shape index (κ2) is 5.58. The van der Waals surface area contributed by atoms with Crippen molar-refractivity contribution in [1.82, 2.24) is 0 Å². The summed E-state index contributed by atoms with van der Waals surface area (Å²) in [6.45, 7) is 0. The Kier molecular flexibility index (Phi) is 4.03. The lowest BCUT2D eigenvalue weighted by Gasteiger charge is -2.08. The second-order valence-electron chi connectivity index (χ2n) is 4.83. The lowest BCUT2D eigenvalue weighted by atomic mass is 10.1. The van der Waals surface area contributed by atoms with Gasteiger partial charge < -0.3 is 5.32 Å². The van der Waals surface area contributed by atoms with Crippen molar-refractivity contribution in [1.29, 1.82) is 0 Å². The van der Waals surface area contributed by atoms with E-state index in [1.54, 1.807) is 0 Å². The van der Waals surface area contributed by atoms with Crippen LogP contribution in [0.15, 0.2) is 24.3 Å². The first-order valence-electron chi connectivity index (χ1n) is 6.10. The van der Waals surface area contributed by atoms with Crippen LogP contribution < -0.4 is 5.32 Å². The number of nitrogens with one attached hydrogen (secondary N) is 1. The van der Waals surface area contributed by atoms with E-state index in [1.807, 2.05) is 0 Å². The van der Waals surface area contributed by atoms with E-state index in [4.69, 9.17) is 0 Å². The van der Waals surface area contributed by atoms with E-state index in [-0.39, 0.29) is 35.4 Å². The van der Waals surface area contributed by atoms with Gasteiger partial charge in [0.1, 0.15) is 0 Å². The Labute approximate surface area is 116 Å². The van der Waals surface area contributed by atoms with Gasteiger partial charge in [-0.1, -0.05) is 0 Å². The Morgan fingerprint density at radius 3 is 2.50 bits per heavy atom. The van der Waals surface area contributed by atoms with Crippen LogP contribution in [0.4, 0.5) is 11.4 Å². The molecule has 1 aliphatic heterocycles. The van der Waals surface area contributed by atoms with E-state index in [9.17, 15) is 23.3 Å². The van der Waals surface area contributed by atoms with Crippen LogP contribution in [0, 0.1) is 16.0 Å². The molecule has 7 nitrogen and oxygen atoms in total. The van der Waals surface area contributed by atoms with Crippen molar-refractivity contribution >= 4 is 27.1 Å².